The Morgan fingerprint density at radius 2 is 1.76 bits per heavy atom. The van der Waals surface area contributed by atoms with Crippen LogP contribution in [-0.4, -0.2) is 83.7 Å². The molecule has 7 nitrogen and oxygen atoms in total. The molecule has 0 spiro atoms. The zero-order chi connectivity index (χ0) is 12.4. The molecule has 2 rings (SSSR count). The molecule has 100 valence electrons. The van der Waals surface area contributed by atoms with Gasteiger partial charge in [0.15, 0.2) is 6.29 Å². The van der Waals surface area contributed by atoms with Crippen LogP contribution in [-0.2, 0) is 9.47 Å². The van der Waals surface area contributed by atoms with Crippen LogP contribution in [0.2, 0.25) is 0 Å². The number of morpholine rings is 1. The minimum absolute atomic E-state index is 0.0606. The second-order valence-corrected chi connectivity index (χ2v) is 4.42. The van der Waals surface area contributed by atoms with Crippen molar-refractivity contribution >= 4 is 0 Å². The van der Waals surface area contributed by atoms with E-state index in [2.05, 4.69) is 0 Å². The first-order chi connectivity index (χ1) is 8.15. The highest BCUT2D eigenvalue weighted by Crippen LogP contribution is 2.24. The average molecular weight is 248 g/mol. The smallest absolute Gasteiger partial charge is 0.173 e. The summed E-state index contributed by atoms with van der Waals surface area (Å²) in [6, 6.07) is -0.628. The third kappa shape index (κ3) is 2.60. The van der Waals surface area contributed by atoms with Gasteiger partial charge >= 0.3 is 0 Å². The molecule has 2 saturated heterocycles. The lowest BCUT2D eigenvalue weighted by atomic mass is 9.95. The molecular weight excluding hydrogens is 228 g/mol. The second kappa shape index (κ2) is 5.57. The fraction of sp³-hybridized carbons (Fsp3) is 1.00. The van der Waals surface area contributed by atoms with Gasteiger partial charge in [-0.25, -0.2) is 0 Å². The second-order valence-electron chi connectivity index (χ2n) is 4.42. The lowest BCUT2D eigenvalue weighted by Gasteiger charge is -2.46. The van der Waals surface area contributed by atoms with E-state index >= 15 is 0 Å². The van der Waals surface area contributed by atoms with Crippen molar-refractivity contribution in [3.8, 4) is 0 Å². The summed E-state index contributed by atoms with van der Waals surface area (Å²) in [6.45, 7) is 2.36. The van der Waals surface area contributed by atoms with E-state index in [0.717, 1.165) is 0 Å². The summed E-state index contributed by atoms with van der Waals surface area (Å²) in [7, 11) is 0. The number of hydrogen-bond acceptors (Lipinski definition) is 7. The molecule has 2 aliphatic rings. The van der Waals surface area contributed by atoms with Gasteiger partial charge in [0.25, 0.3) is 0 Å². The van der Waals surface area contributed by atoms with Crippen LogP contribution in [0.1, 0.15) is 0 Å². The molecule has 3 unspecified atom stereocenters. The zero-order valence-corrected chi connectivity index (χ0v) is 9.60. The Bertz CT molecular complexity index is 249. The van der Waals surface area contributed by atoms with Crippen LogP contribution in [0, 0.1) is 0 Å². The van der Waals surface area contributed by atoms with Gasteiger partial charge in [0.2, 0.25) is 0 Å². The average Bonchev–Trinajstić information content (AvgIpc) is 2.35. The van der Waals surface area contributed by atoms with E-state index < -0.39 is 30.6 Å². The summed E-state index contributed by atoms with van der Waals surface area (Å²) in [4.78, 5) is 1.87. The van der Waals surface area contributed by atoms with Crippen LogP contribution >= 0.6 is 0 Å². The van der Waals surface area contributed by atoms with Crippen molar-refractivity contribution in [2.45, 2.75) is 30.6 Å². The van der Waals surface area contributed by atoms with E-state index in [0.29, 0.717) is 26.3 Å². The molecule has 0 aromatic heterocycles. The Morgan fingerprint density at radius 1 is 1.12 bits per heavy atom. The van der Waals surface area contributed by atoms with Gasteiger partial charge < -0.3 is 30.5 Å². The van der Waals surface area contributed by atoms with E-state index in [1.807, 2.05) is 4.90 Å². The van der Waals surface area contributed by atoms with Gasteiger partial charge in [-0.2, -0.15) is 0 Å². The van der Waals surface area contributed by atoms with Crippen molar-refractivity contribution in [2.24, 2.45) is 5.73 Å². The van der Waals surface area contributed by atoms with Gasteiger partial charge in [-0.15, -0.1) is 0 Å². The molecule has 0 saturated carbocycles. The first-order valence-electron chi connectivity index (χ1n) is 5.86. The molecule has 0 bridgehead atoms. The van der Waals surface area contributed by atoms with Crippen LogP contribution in [0.4, 0.5) is 0 Å². The normalized spacial score (nSPS) is 44.8. The molecule has 0 aliphatic carbocycles. The fourth-order valence-corrected chi connectivity index (χ4v) is 2.40. The maximum atomic E-state index is 10.0. The first kappa shape index (κ1) is 13.2. The number of aliphatic hydroxyl groups excluding tert-OH is 3. The standard InChI is InChI=1S/C10H20N2O5/c11-5-6-8(13)9(14)7(10(15)17-6)12-1-3-16-4-2-12/h6-10,13-15H,1-5,11H2/t6-,7?,8+,9?,10?/m1/s1. The molecule has 2 aliphatic heterocycles. The predicted molar refractivity (Wildman–Crippen MR) is 58.1 cm³/mol. The number of nitrogens with zero attached hydrogens (tertiary/aromatic N) is 1. The Morgan fingerprint density at radius 3 is 2.35 bits per heavy atom. The Balaban J connectivity index is 2.05. The largest absolute Gasteiger partial charge is 0.388 e. The number of nitrogens with two attached hydrogens (primary N) is 1. The molecule has 0 aromatic rings. The maximum absolute atomic E-state index is 10.0. The number of rotatable bonds is 2. The quantitative estimate of drug-likeness (QED) is 0.415. The summed E-state index contributed by atoms with van der Waals surface area (Å²) in [6.07, 6.45) is -4.00. The maximum Gasteiger partial charge on any atom is 0.173 e. The summed E-state index contributed by atoms with van der Waals surface area (Å²) in [5.41, 5.74) is 5.40. The summed E-state index contributed by atoms with van der Waals surface area (Å²) in [5.74, 6) is 0. The number of aliphatic hydroxyl groups is 3. The lowest BCUT2D eigenvalue weighted by Crippen LogP contribution is -2.65. The zero-order valence-electron chi connectivity index (χ0n) is 9.60. The first-order valence-corrected chi connectivity index (χ1v) is 5.86. The molecule has 5 N–H and O–H groups in total. The third-order valence-corrected chi connectivity index (χ3v) is 3.39. The van der Waals surface area contributed by atoms with Crippen LogP contribution in [0.15, 0.2) is 0 Å². The molecule has 17 heavy (non-hydrogen) atoms. The van der Waals surface area contributed by atoms with Gasteiger partial charge in [0, 0.05) is 19.6 Å². The third-order valence-electron chi connectivity index (χ3n) is 3.39. The van der Waals surface area contributed by atoms with Gasteiger partial charge in [-0.05, 0) is 0 Å². The molecule has 0 aromatic carbocycles. The highest BCUT2D eigenvalue weighted by Gasteiger charge is 2.46. The summed E-state index contributed by atoms with van der Waals surface area (Å²) >= 11 is 0. The molecule has 0 amide bonds. The van der Waals surface area contributed by atoms with E-state index in [1.54, 1.807) is 0 Å². The SMILES string of the molecule is NC[C@H]1OC(O)C(N2CCOCC2)C(O)[C@H]1O. The monoisotopic (exact) mass is 248 g/mol. The highest BCUT2D eigenvalue weighted by atomic mass is 16.6. The summed E-state index contributed by atoms with van der Waals surface area (Å²) < 4.78 is 10.4. The van der Waals surface area contributed by atoms with Crippen molar-refractivity contribution < 1.29 is 24.8 Å². The molecule has 0 radical (unpaired) electrons. The lowest BCUT2D eigenvalue weighted by molar-refractivity contribution is -0.267. The van der Waals surface area contributed by atoms with Crippen LogP contribution < -0.4 is 5.73 Å². The number of hydrogen-bond donors (Lipinski definition) is 4. The Hall–Kier alpha value is -0.280. The van der Waals surface area contributed by atoms with Gasteiger partial charge in [-0.1, -0.05) is 0 Å². The van der Waals surface area contributed by atoms with E-state index in [9.17, 15) is 15.3 Å². The van der Waals surface area contributed by atoms with E-state index in [-0.39, 0.29) is 6.54 Å². The van der Waals surface area contributed by atoms with Crippen LogP contribution in [0.3, 0.4) is 0 Å². The van der Waals surface area contributed by atoms with E-state index in [4.69, 9.17) is 15.2 Å². The number of ether oxygens (including phenoxy) is 2. The van der Waals surface area contributed by atoms with Crippen molar-refractivity contribution in [3.63, 3.8) is 0 Å². The fourth-order valence-electron chi connectivity index (χ4n) is 2.40. The van der Waals surface area contributed by atoms with Crippen LogP contribution in [0.25, 0.3) is 0 Å². The van der Waals surface area contributed by atoms with Gasteiger partial charge in [0.05, 0.1) is 19.3 Å². The Kier molecular flexibility index (Phi) is 4.31. The molecule has 7 heteroatoms. The summed E-state index contributed by atoms with van der Waals surface area (Å²) in [5, 5.41) is 29.7. The minimum atomic E-state index is -1.14. The van der Waals surface area contributed by atoms with Crippen molar-refractivity contribution in [1.29, 1.82) is 0 Å². The molecular formula is C10H20N2O5. The topological polar surface area (TPSA) is 108 Å². The van der Waals surface area contributed by atoms with Gasteiger partial charge in [0.1, 0.15) is 18.3 Å². The Labute approximate surface area is 99.7 Å². The molecule has 2 heterocycles. The van der Waals surface area contributed by atoms with Crippen molar-refractivity contribution in [3.05, 3.63) is 0 Å². The van der Waals surface area contributed by atoms with Crippen molar-refractivity contribution in [1.82, 2.24) is 4.90 Å². The van der Waals surface area contributed by atoms with Crippen LogP contribution in [0.5, 0.6) is 0 Å². The minimum Gasteiger partial charge on any atom is -0.388 e. The van der Waals surface area contributed by atoms with E-state index in [1.165, 1.54) is 0 Å². The molecule has 5 atom stereocenters. The molecule has 2 fully saturated rings. The highest BCUT2D eigenvalue weighted by molar-refractivity contribution is 4.94. The van der Waals surface area contributed by atoms with Crippen molar-refractivity contribution in [2.75, 3.05) is 32.8 Å². The van der Waals surface area contributed by atoms with Gasteiger partial charge in [-0.3, -0.25) is 4.90 Å². The predicted octanol–water partition coefficient (Wildman–Crippen LogP) is -2.92.